The Morgan fingerprint density at radius 2 is 2.00 bits per heavy atom. The molecular weight excluding hydrogens is 334 g/mol. The molecule has 0 fully saturated rings. The van der Waals surface area contributed by atoms with Crippen LogP contribution in [0, 0.1) is 10.1 Å². The quantitative estimate of drug-likeness (QED) is 0.491. The van der Waals surface area contributed by atoms with Crippen LogP contribution in [0.4, 0.5) is 11.4 Å². The minimum absolute atomic E-state index is 0.0485. The average molecular weight is 346 g/mol. The number of anilines is 1. The molecule has 0 atom stereocenters. The van der Waals surface area contributed by atoms with E-state index in [-0.39, 0.29) is 29.0 Å². The Morgan fingerprint density at radius 3 is 2.79 bits per heavy atom. The molecule has 0 aromatic heterocycles. The summed E-state index contributed by atoms with van der Waals surface area (Å²) in [6, 6.07) is 8.90. The van der Waals surface area contributed by atoms with Crippen LogP contribution in [0.2, 0.25) is 0 Å². The molecule has 0 saturated heterocycles. The van der Waals surface area contributed by atoms with Crippen LogP contribution in [-0.4, -0.2) is 16.8 Å². The van der Waals surface area contributed by atoms with E-state index >= 15 is 0 Å². The number of ether oxygens (including phenoxy) is 2. The van der Waals surface area contributed by atoms with Crippen LogP contribution in [0.3, 0.4) is 0 Å². The largest absolute Gasteiger partial charge is 0.871 e. The topological polar surface area (TPSA) is 109 Å². The number of nitrogens with zero attached hydrogens (tertiary/aromatic N) is 1. The maximum Gasteiger partial charge on any atom is 0.271 e. The van der Waals surface area contributed by atoms with Crippen molar-refractivity contribution in [2.75, 3.05) is 12.1 Å². The van der Waals surface area contributed by atoms with Crippen molar-refractivity contribution in [3.63, 3.8) is 0 Å². The SMILES string of the molecule is O=[N+]([O-])c1ccc([O-])c(NC(=S)NCc2ccc3c(c2)OCO3)c1. The lowest BCUT2D eigenvalue weighted by Crippen LogP contribution is -2.28. The predicted molar refractivity (Wildman–Crippen MR) is 88.2 cm³/mol. The second kappa shape index (κ2) is 6.59. The number of hydrogen-bond acceptors (Lipinski definition) is 6. The van der Waals surface area contributed by atoms with Gasteiger partial charge in [0.15, 0.2) is 16.6 Å². The van der Waals surface area contributed by atoms with E-state index in [1.807, 2.05) is 12.1 Å². The highest BCUT2D eigenvalue weighted by Crippen LogP contribution is 2.32. The van der Waals surface area contributed by atoms with E-state index < -0.39 is 4.92 Å². The van der Waals surface area contributed by atoms with Gasteiger partial charge in [-0.15, -0.1) is 0 Å². The van der Waals surface area contributed by atoms with E-state index in [0.29, 0.717) is 18.0 Å². The first-order chi connectivity index (χ1) is 11.5. The van der Waals surface area contributed by atoms with Crippen molar-refractivity contribution in [3.05, 3.63) is 52.1 Å². The second-order valence-corrected chi connectivity index (χ2v) is 5.34. The lowest BCUT2D eigenvalue weighted by Gasteiger charge is -2.16. The fourth-order valence-electron chi connectivity index (χ4n) is 2.13. The number of hydrogen-bond donors (Lipinski definition) is 2. The zero-order chi connectivity index (χ0) is 17.1. The summed E-state index contributed by atoms with van der Waals surface area (Å²) in [5.74, 6) is 0.966. The minimum atomic E-state index is -0.576. The number of rotatable bonds is 4. The zero-order valence-corrected chi connectivity index (χ0v) is 13.1. The monoisotopic (exact) mass is 346 g/mol. The summed E-state index contributed by atoms with van der Waals surface area (Å²) in [4.78, 5) is 10.2. The van der Waals surface area contributed by atoms with Crippen molar-refractivity contribution >= 4 is 28.7 Å². The number of fused-ring (bicyclic) bond motifs is 1. The molecule has 0 radical (unpaired) electrons. The molecule has 1 aliphatic rings. The molecule has 124 valence electrons. The van der Waals surface area contributed by atoms with Crippen LogP contribution in [0.5, 0.6) is 17.2 Å². The van der Waals surface area contributed by atoms with E-state index in [4.69, 9.17) is 21.7 Å². The van der Waals surface area contributed by atoms with Gasteiger partial charge in [0, 0.05) is 24.4 Å². The number of non-ortho nitro benzene ring substituents is 1. The van der Waals surface area contributed by atoms with Gasteiger partial charge in [0.2, 0.25) is 6.79 Å². The molecule has 3 rings (SSSR count). The molecule has 0 bridgehead atoms. The van der Waals surface area contributed by atoms with Crippen molar-refractivity contribution in [2.24, 2.45) is 0 Å². The normalized spacial score (nSPS) is 11.8. The number of nitro groups is 1. The van der Waals surface area contributed by atoms with E-state index in [1.54, 1.807) is 6.07 Å². The summed E-state index contributed by atoms with van der Waals surface area (Å²) in [5.41, 5.74) is 0.771. The van der Waals surface area contributed by atoms with E-state index in [2.05, 4.69) is 10.6 Å². The lowest BCUT2D eigenvalue weighted by molar-refractivity contribution is -0.385. The van der Waals surface area contributed by atoms with Crippen molar-refractivity contribution < 1.29 is 19.5 Å². The average Bonchev–Trinajstić information content (AvgIpc) is 3.02. The van der Waals surface area contributed by atoms with Gasteiger partial charge in [0.05, 0.1) is 4.92 Å². The summed E-state index contributed by atoms with van der Waals surface area (Å²) in [6.07, 6.45) is 0. The molecule has 0 aliphatic carbocycles. The third-order valence-electron chi connectivity index (χ3n) is 3.31. The van der Waals surface area contributed by atoms with Crippen LogP contribution < -0.4 is 25.2 Å². The smallest absolute Gasteiger partial charge is 0.271 e. The van der Waals surface area contributed by atoms with Gasteiger partial charge in [-0.2, -0.15) is 0 Å². The number of thiocarbonyl (C=S) groups is 1. The van der Waals surface area contributed by atoms with Gasteiger partial charge in [-0.3, -0.25) is 10.1 Å². The molecule has 1 heterocycles. The van der Waals surface area contributed by atoms with Gasteiger partial charge in [-0.25, -0.2) is 0 Å². The Labute approximate surface area is 142 Å². The lowest BCUT2D eigenvalue weighted by atomic mass is 10.2. The maximum atomic E-state index is 11.7. The fraction of sp³-hybridized carbons (Fsp3) is 0.133. The zero-order valence-electron chi connectivity index (χ0n) is 12.3. The second-order valence-electron chi connectivity index (χ2n) is 4.93. The van der Waals surface area contributed by atoms with Gasteiger partial charge < -0.3 is 25.2 Å². The van der Waals surface area contributed by atoms with Crippen LogP contribution in [0.15, 0.2) is 36.4 Å². The van der Waals surface area contributed by atoms with E-state index in [1.165, 1.54) is 0 Å². The molecule has 24 heavy (non-hydrogen) atoms. The first-order valence-corrected chi connectivity index (χ1v) is 7.32. The standard InChI is InChI=1S/C15H13N3O5S/c19-12-3-2-10(18(20)21)6-11(12)17-15(24)16-7-9-1-4-13-14(5-9)23-8-22-13/h1-6,19H,7-8H2,(H2,16,17,24)/p-1. The molecule has 2 aromatic carbocycles. The Hall–Kier alpha value is -3.07. The summed E-state index contributed by atoms with van der Waals surface area (Å²) in [7, 11) is 0. The van der Waals surface area contributed by atoms with Crippen molar-refractivity contribution in [2.45, 2.75) is 6.54 Å². The summed E-state index contributed by atoms with van der Waals surface area (Å²) < 4.78 is 10.5. The van der Waals surface area contributed by atoms with Crippen LogP contribution >= 0.6 is 12.2 Å². The highest BCUT2D eigenvalue weighted by atomic mass is 32.1. The van der Waals surface area contributed by atoms with Crippen LogP contribution in [0.1, 0.15) is 5.56 Å². The molecule has 2 N–H and O–H groups in total. The number of nitro benzene ring substituents is 1. The van der Waals surface area contributed by atoms with Crippen molar-refractivity contribution in [1.82, 2.24) is 5.32 Å². The van der Waals surface area contributed by atoms with Crippen LogP contribution in [-0.2, 0) is 6.54 Å². The third kappa shape index (κ3) is 3.46. The molecule has 0 saturated carbocycles. The maximum absolute atomic E-state index is 11.7. The van der Waals surface area contributed by atoms with Gasteiger partial charge in [-0.05, 0) is 29.9 Å². The molecule has 0 amide bonds. The summed E-state index contributed by atoms with van der Waals surface area (Å²) >= 11 is 5.12. The highest BCUT2D eigenvalue weighted by Gasteiger charge is 2.13. The molecular formula is C15H12N3O5S-. The summed E-state index contributed by atoms with van der Waals surface area (Å²) in [5, 5.41) is 28.3. The Morgan fingerprint density at radius 1 is 1.21 bits per heavy atom. The van der Waals surface area contributed by atoms with Gasteiger partial charge in [0.25, 0.3) is 5.69 Å². The number of nitrogens with one attached hydrogen (secondary N) is 2. The van der Waals surface area contributed by atoms with Crippen molar-refractivity contribution in [3.8, 4) is 17.2 Å². The molecule has 0 spiro atoms. The first-order valence-electron chi connectivity index (χ1n) is 6.92. The highest BCUT2D eigenvalue weighted by molar-refractivity contribution is 7.80. The third-order valence-corrected chi connectivity index (χ3v) is 3.56. The molecule has 9 heteroatoms. The molecule has 0 unspecified atom stereocenters. The van der Waals surface area contributed by atoms with E-state index in [0.717, 1.165) is 23.8 Å². The first kappa shape index (κ1) is 15.8. The molecule has 8 nitrogen and oxygen atoms in total. The predicted octanol–water partition coefficient (Wildman–Crippen LogP) is 1.88. The Kier molecular flexibility index (Phi) is 4.34. The summed E-state index contributed by atoms with van der Waals surface area (Å²) in [6.45, 7) is 0.594. The minimum Gasteiger partial charge on any atom is -0.871 e. The van der Waals surface area contributed by atoms with Gasteiger partial charge in [-0.1, -0.05) is 17.9 Å². The Balaban J connectivity index is 1.62. The Bertz CT molecular complexity index is 812. The van der Waals surface area contributed by atoms with Crippen LogP contribution in [0.25, 0.3) is 0 Å². The van der Waals surface area contributed by atoms with E-state index in [9.17, 15) is 15.2 Å². The fourth-order valence-corrected chi connectivity index (χ4v) is 2.31. The van der Waals surface area contributed by atoms with Crippen molar-refractivity contribution in [1.29, 1.82) is 0 Å². The molecule has 2 aromatic rings. The molecule has 1 aliphatic heterocycles. The van der Waals surface area contributed by atoms with Gasteiger partial charge >= 0.3 is 0 Å². The van der Waals surface area contributed by atoms with Gasteiger partial charge in [0.1, 0.15) is 0 Å². The number of benzene rings is 2.